The molecule has 3 aromatic rings. The Hall–Kier alpha value is -2.18. The summed E-state index contributed by atoms with van der Waals surface area (Å²) >= 11 is 1.54. The third-order valence-corrected chi connectivity index (χ3v) is 3.56. The number of nitrogens with zero attached hydrogens (tertiary/aromatic N) is 2. The Morgan fingerprint density at radius 3 is 2.90 bits per heavy atom. The molecule has 0 atom stereocenters. The monoisotopic (exact) mass is 288 g/mol. The van der Waals surface area contributed by atoms with Crippen molar-refractivity contribution in [2.24, 2.45) is 0 Å². The number of aliphatic hydroxyl groups is 1. The molecular weight excluding hydrogens is 276 g/mol. The van der Waals surface area contributed by atoms with E-state index in [9.17, 15) is 5.11 Å². The fraction of sp³-hybridized carbons (Fsp3) is 0.143. The van der Waals surface area contributed by atoms with Gasteiger partial charge in [0.2, 0.25) is 5.82 Å². The van der Waals surface area contributed by atoms with Gasteiger partial charge in [-0.05, 0) is 17.5 Å². The molecule has 2 aromatic heterocycles. The maximum atomic E-state index is 9.22. The van der Waals surface area contributed by atoms with Crippen molar-refractivity contribution in [2.75, 3.05) is 0 Å². The number of hydrogen-bond donors (Lipinski definition) is 1. The maximum absolute atomic E-state index is 9.22. The second-order valence-electron chi connectivity index (χ2n) is 4.05. The van der Waals surface area contributed by atoms with Gasteiger partial charge in [0.05, 0.1) is 11.5 Å². The van der Waals surface area contributed by atoms with Crippen LogP contribution in [-0.2, 0) is 13.2 Å². The molecule has 0 saturated carbocycles. The highest BCUT2D eigenvalue weighted by molar-refractivity contribution is 7.13. The van der Waals surface area contributed by atoms with Crippen LogP contribution in [0.15, 0.2) is 46.3 Å². The molecule has 0 spiro atoms. The van der Waals surface area contributed by atoms with Crippen molar-refractivity contribution in [1.82, 2.24) is 10.1 Å². The average molecular weight is 288 g/mol. The Kier molecular flexibility index (Phi) is 3.76. The minimum atomic E-state index is -0.0666. The van der Waals surface area contributed by atoms with Crippen molar-refractivity contribution in [3.05, 3.63) is 53.2 Å². The zero-order valence-electron chi connectivity index (χ0n) is 10.5. The first-order chi connectivity index (χ1) is 9.86. The summed E-state index contributed by atoms with van der Waals surface area (Å²) in [6.07, 6.45) is 0. The van der Waals surface area contributed by atoms with Crippen molar-refractivity contribution in [3.63, 3.8) is 0 Å². The quantitative estimate of drug-likeness (QED) is 0.782. The second kappa shape index (κ2) is 5.85. The summed E-state index contributed by atoms with van der Waals surface area (Å²) in [7, 11) is 0. The fourth-order valence-electron chi connectivity index (χ4n) is 1.73. The SMILES string of the molecule is OCc1ccccc1OCc1noc(-c2cccs2)n1. The normalized spacial score (nSPS) is 10.7. The van der Waals surface area contributed by atoms with Crippen LogP contribution in [0.4, 0.5) is 0 Å². The Bertz CT molecular complexity index is 679. The van der Waals surface area contributed by atoms with Crippen LogP contribution in [0.2, 0.25) is 0 Å². The van der Waals surface area contributed by atoms with Crippen LogP contribution in [0.5, 0.6) is 5.75 Å². The molecule has 2 heterocycles. The lowest BCUT2D eigenvalue weighted by Gasteiger charge is -2.07. The first-order valence-corrected chi connectivity index (χ1v) is 6.93. The first kappa shape index (κ1) is 12.8. The lowest BCUT2D eigenvalue weighted by molar-refractivity contribution is 0.253. The van der Waals surface area contributed by atoms with E-state index in [-0.39, 0.29) is 13.2 Å². The molecule has 0 saturated heterocycles. The van der Waals surface area contributed by atoms with E-state index in [2.05, 4.69) is 10.1 Å². The van der Waals surface area contributed by atoms with E-state index in [0.29, 0.717) is 17.5 Å². The Morgan fingerprint density at radius 2 is 2.10 bits per heavy atom. The van der Waals surface area contributed by atoms with Gasteiger partial charge in [-0.15, -0.1) is 11.3 Å². The highest BCUT2D eigenvalue weighted by atomic mass is 32.1. The minimum Gasteiger partial charge on any atom is -0.485 e. The number of aliphatic hydroxyl groups excluding tert-OH is 1. The Morgan fingerprint density at radius 1 is 1.20 bits per heavy atom. The largest absolute Gasteiger partial charge is 0.485 e. The molecule has 0 aliphatic rings. The molecule has 5 nitrogen and oxygen atoms in total. The summed E-state index contributed by atoms with van der Waals surface area (Å²) < 4.78 is 10.8. The van der Waals surface area contributed by atoms with Crippen LogP contribution >= 0.6 is 11.3 Å². The number of aromatic nitrogens is 2. The highest BCUT2D eigenvalue weighted by Gasteiger charge is 2.10. The summed E-state index contributed by atoms with van der Waals surface area (Å²) in [5.74, 6) is 1.59. The van der Waals surface area contributed by atoms with Gasteiger partial charge in [0.15, 0.2) is 6.61 Å². The molecule has 0 unspecified atom stereocenters. The summed E-state index contributed by atoms with van der Waals surface area (Å²) in [6, 6.07) is 11.2. The molecule has 6 heteroatoms. The minimum absolute atomic E-state index is 0.0666. The number of rotatable bonds is 5. The molecule has 3 rings (SSSR count). The van der Waals surface area contributed by atoms with E-state index in [1.165, 1.54) is 11.3 Å². The molecule has 0 aliphatic carbocycles. The molecule has 0 fully saturated rings. The Labute approximate surface area is 119 Å². The average Bonchev–Trinajstić information content (AvgIpc) is 3.16. The molecule has 0 aliphatic heterocycles. The molecule has 1 N–H and O–H groups in total. The van der Waals surface area contributed by atoms with E-state index in [4.69, 9.17) is 9.26 Å². The predicted octanol–water partition coefficient (Wildman–Crippen LogP) is 2.87. The maximum Gasteiger partial charge on any atom is 0.268 e. The molecule has 20 heavy (non-hydrogen) atoms. The van der Waals surface area contributed by atoms with Gasteiger partial charge in [-0.1, -0.05) is 29.4 Å². The van der Waals surface area contributed by atoms with E-state index in [1.807, 2.05) is 35.7 Å². The first-order valence-electron chi connectivity index (χ1n) is 6.05. The van der Waals surface area contributed by atoms with E-state index in [1.54, 1.807) is 6.07 Å². The number of para-hydroxylation sites is 1. The lowest BCUT2D eigenvalue weighted by atomic mass is 10.2. The Balaban J connectivity index is 1.70. The van der Waals surface area contributed by atoms with Crippen molar-refractivity contribution in [2.45, 2.75) is 13.2 Å². The van der Waals surface area contributed by atoms with Crippen LogP contribution in [0.1, 0.15) is 11.4 Å². The molecule has 0 radical (unpaired) electrons. The smallest absolute Gasteiger partial charge is 0.268 e. The van der Waals surface area contributed by atoms with Crippen molar-refractivity contribution >= 4 is 11.3 Å². The van der Waals surface area contributed by atoms with Crippen LogP contribution in [0.3, 0.4) is 0 Å². The highest BCUT2D eigenvalue weighted by Crippen LogP contribution is 2.23. The zero-order valence-corrected chi connectivity index (χ0v) is 11.3. The second-order valence-corrected chi connectivity index (χ2v) is 5.00. The van der Waals surface area contributed by atoms with E-state index >= 15 is 0 Å². The summed E-state index contributed by atoms with van der Waals surface area (Å²) in [6.45, 7) is 0.134. The predicted molar refractivity (Wildman–Crippen MR) is 74.3 cm³/mol. The van der Waals surface area contributed by atoms with Gasteiger partial charge in [-0.25, -0.2) is 0 Å². The van der Waals surface area contributed by atoms with E-state index in [0.717, 1.165) is 10.4 Å². The van der Waals surface area contributed by atoms with Gasteiger partial charge in [0, 0.05) is 5.56 Å². The van der Waals surface area contributed by atoms with Gasteiger partial charge in [-0.3, -0.25) is 0 Å². The van der Waals surface area contributed by atoms with Crippen molar-refractivity contribution in [3.8, 4) is 16.5 Å². The third-order valence-electron chi connectivity index (χ3n) is 2.70. The molecule has 0 bridgehead atoms. The number of ether oxygens (including phenoxy) is 1. The molecule has 0 amide bonds. The van der Waals surface area contributed by atoms with E-state index < -0.39 is 0 Å². The third kappa shape index (κ3) is 2.71. The summed E-state index contributed by atoms with van der Waals surface area (Å²) in [5, 5.41) is 15.0. The van der Waals surface area contributed by atoms with Gasteiger partial charge in [0.25, 0.3) is 5.89 Å². The van der Waals surface area contributed by atoms with Crippen LogP contribution < -0.4 is 4.74 Å². The fourth-order valence-corrected chi connectivity index (χ4v) is 2.38. The number of hydrogen-bond acceptors (Lipinski definition) is 6. The standard InChI is InChI=1S/C14H12N2O3S/c17-8-10-4-1-2-5-11(10)18-9-13-15-14(19-16-13)12-6-3-7-20-12/h1-7,17H,8-9H2. The van der Waals surface area contributed by atoms with Crippen LogP contribution in [0, 0.1) is 0 Å². The summed E-state index contributed by atoms with van der Waals surface area (Å²) in [4.78, 5) is 5.20. The summed E-state index contributed by atoms with van der Waals surface area (Å²) in [5.41, 5.74) is 0.731. The van der Waals surface area contributed by atoms with Gasteiger partial charge in [0.1, 0.15) is 5.75 Å². The molecule has 1 aromatic carbocycles. The topological polar surface area (TPSA) is 68.4 Å². The molecule has 102 valence electrons. The van der Waals surface area contributed by atoms with Crippen LogP contribution in [-0.4, -0.2) is 15.2 Å². The van der Waals surface area contributed by atoms with Gasteiger partial charge < -0.3 is 14.4 Å². The van der Waals surface area contributed by atoms with Crippen LogP contribution in [0.25, 0.3) is 10.8 Å². The zero-order chi connectivity index (χ0) is 13.8. The van der Waals surface area contributed by atoms with Crippen molar-refractivity contribution in [1.29, 1.82) is 0 Å². The van der Waals surface area contributed by atoms with Gasteiger partial charge >= 0.3 is 0 Å². The van der Waals surface area contributed by atoms with Crippen molar-refractivity contribution < 1.29 is 14.4 Å². The van der Waals surface area contributed by atoms with Gasteiger partial charge in [-0.2, -0.15) is 4.98 Å². The number of thiophene rings is 1. The molecular formula is C14H12N2O3S. The number of benzene rings is 1. The lowest BCUT2D eigenvalue weighted by Crippen LogP contribution is -2.00.